The molecular formula is C26H24ClFN4O5S. The van der Waals surface area contributed by atoms with Gasteiger partial charge in [0.05, 0.1) is 35.1 Å². The van der Waals surface area contributed by atoms with Crippen LogP contribution >= 0.6 is 11.6 Å². The average Bonchev–Trinajstić information content (AvgIpc) is 3.55. The summed E-state index contributed by atoms with van der Waals surface area (Å²) in [7, 11) is -2.28. The van der Waals surface area contributed by atoms with Crippen LogP contribution in [0.25, 0.3) is 33.5 Å². The lowest BCUT2D eigenvalue weighted by atomic mass is 10.0. The molecule has 9 nitrogen and oxygen atoms in total. The highest BCUT2D eigenvalue weighted by molar-refractivity contribution is 7.92. The molecule has 4 aromatic rings. The van der Waals surface area contributed by atoms with Crippen LogP contribution in [0.2, 0.25) is 5.02 Å². The van der Waals surface area contributed by atoms with Crippen LogP contribution in [0.5, 0.6) is 6.01 Å². The molecule has 4 heterocycles. The second kappa shape index (κ2) is 9.58. The number of aromatic nitrogens is 3. The normalized spacial score (nSPS) is 23.1. The number of aromatic amines is 1. The van der Waals surface area contributed by atoms with Gasteiger partial charge in [-0.3, -0.25) is 0 Å². The van der Waals surface area contributed by atoms with Crippen molar-refractivity contribution in [1.82, 2.24) is 15.0 Å². The Kier molecular flexibility index (Phi) is 6.36. The Bertz CT molecular complexity index is 1650. The number of H-pyrrole nitrogens is 1. The fourth-order valence-corrected chi connectivity index (χ4v) is 5.58. The summed E-state index contributed by atoms with van der Waals surface area (Å²) in [6, 6.07) is 13.5. The Labute approximate surface area is 223 Å². The summed E-state index contributed by atoms with van der Waals surface area (Å²) in [5.74, 6) is -0.444. The third-order valence-electron chi connectivity index (χ3n) is 6.40. The molecule has 2 fully saturated rings. The van der Waals surface area contributed by atoms with Crippen LogP contribution in [-0.4, -0.2) is 74.4 Å². The Hall–Kier alpha value is -3.09. The van der Waals surface area contributed by atoms with E-state index in [1.54, 1.807) is 55.0 Å². The van der Waals surface area contributed by atoms with Crippen molar-refractivity contribution in [2.75, 3.05) is 25.7 Å². The van der Waals surface area contributed by atoms with Crippen molar-refractivity contribution in [3.8, 4) is 28.4 Å². The van der Waals surface area contributed by atoms with E-state index in [4.69, 9.17) is 25.8 Å². The van der Waals surface area contributed by atoms with E-state index in [-0.39, 0.29) is 25.3 Å². The van der Waals surface area contributed by atoms with Gasteiger partial charge in [0.1, 0.15) is 24.1 Å². The van der Waals surface area contributed by atoms with Crippen LogP contribution in [0, 0.1) is 5.82 Å². The number of rotatable bonds is 5. The van der Waals surface area contributed by atoms with Crippen LogP contribution in [-0.2, 0) is 19.2 Å². The predicted octanol–water partition coefficient (Wildman–Crippen LogP) is 4.35. The van der Waals surface area contributed by atoms with Crippen molar-refractivity contribution in [2.24, 2.45) is 4.36 Å². The number of fused-ring (bicyclic) bond motifs is 2. The third kappa shape index (κ3) is 4.87. The van der Waals surface area contributed by atoms with Crippen molar-refractivity contribution < 1.29 is 27.9 Å². The van der Waals surface area contributed by atoms with Gasteiger partial charge in [-0.05, 0) is 29.8 Å². The molecule has 4 atom stereocenters. The van der Waals surface area contributed by atoms with Gasteiger partial charge in [-0.2, -0.15) is 9.35 Å². The number of benzene rings is 2. The van der Waals surface area contributed by atoms with Gasteiger partial charge in [0.2, 0.25) is 0 Å². The van der Waals surface area contributed by atoms with Gasteiger partial charge in [-0.1, -0.05) is 35.9 Å². The predicted molar refractivity (Wildman–Crippen MR) is 142 cm³/mol. The van der Waals surface area contributed by atoms with E-state index in [2.05, 4.69) is 19.3 Å². The minimum absolute atomic E-state index is 0.201. The fraction of sp³-hybridized carbons (Fsp3) is 0.308. The molecular weight excluding hydrogens is 535 g/mol. The van der Waals surface area contributed by atoms with Gasteiger partial charge in [-0.25, -0.2) is 13.6 Å². The molecule has 198 valence electrons. The summed E-state index contributed by atoms with van der Waals surface area (Å²) >= 11 is 6.51. The molecule has 0 radical (unpaired) electrons. The first-order chi connectivity index (χ1) is 18.1. The Morgan fingerprint density at radius 1 is 1.08 bits per heavy atom. The second-order valence-electron chi connectivity index (χ2n) is 9.57. The van der Waals surface area contributed by atoms with E-state index < -0.39 is 33.9 Å². The lowest BCUT2D eigenvalue weighted by Gasteiger charge is -2.15. The molecule has 2 N–H and O–H groups in total. The van der Waals surface area contributed by atoms with Crippen molar-refractivity contribution in [2.45, 2.75) is 24.4 Å². The Morgan fingerprint density at radius 2 is 1.82 bits per heavy atom. The highest BCUT2D eigenvalue weighted by Crippen LogP contribution is 2.34. The maximum Gasteiger partial charge on any atom is 0.296 e. The first-order valence-electron chi connectivity index (χ1n) is 11.9. The maximum absolute atomic E-state index is 15.2. The molecule has 38 heavy (non-hydrogen) atoms. The van der Waals surface area contributed by atoms with E-state index in [9.17, 15) is 9.32 Å². The molecule has 12 heteroatoms. The van der Waals surface area contributed by atoms with Gasteiger partial charge in [0, 0.05) is 33.4 Å². The summed E-state index contributed by atoms with van der Waals surface area (Å²) in [6.45, 7) is 0.469. The summed E-state index contributed by atoms with van der Waals surface area (Å²) in [5.41, 5.74) is 3.42. The molecule has 6 rings (SSSR count). The van der Waals surface area contributed by atoms with Crippen molar-refractivity contribution in [1.29, 1.82) is 0 Å². The number of halogens is 2. The zero-order chi connectivity index (χ0) is 26.6. The smallest absolute Gasteiger partial charge is 0.296 e. The molecule has 2 aliphatic heterocycles. The lowest BCUT2D eigenvalue weighted by molar-refractivity contribution is 0.00706. The maximum atomic E-state index is 15.2. The molecule has 0 amide bonds. The van der Waals surface area contributed by atoms with E-state index >= 15 is 4.39 Å². The van der Waals surface area contributed by atoms with E-state index in [1.165, 1.54) is 6.07 Å². The first kappa shape index (κ1) is 25.2. The minimum atomic E-state index is -2.28. The number of aliphatic hydroxyl groups is 1. The van der Waals surface area contributed by atoms with Crippen LogP contribution in [0.15, 0.2) is 52.9 Å². The molecule has 0 aliphatic carbocycles. The highest BCUT2D eigenvalue weighted by atomic mass is 35.5. The van der Waals surface area contributed by atoms with Crippen LogP contribution < -0.4 is 4.74 Å². The first-order valence-corrected chi connectivity index (χ1v) is 14.6. The van der Waals surface area contributed by atoms with Crippen LogP contribution in [0.3, 0.4) is 0 Å². The zero-order valence-electron chi connectivity index (χ0n) is 20.4. The standard InChI is InChI=1S/C26H24ClFN4O5S/c1-38(2,34)32-15-6-3-13(4-7-15)16-8-5-14(9-18(16)28)22-17(27)10-19-25(30-22)31-26(29-19)37-21-12-36-23-20(33)11-35-24(21)23/h3-10,20-21,23-24,33H,11-12H2,1-2H3,(H,29,30,31)/t20-,21-,23-,24-/m1/s1. The number of imidazole rings is 1. The second-order valence-corrected chi connectivity index (χ2v) is 12.5. The molecule has 0 saturated carbocycles. The van der Waals surface area contributed by atoms with Gasteiger partial charge >= 0.3 is 0 Å². The van der Waals surface area contributed by atoms with Crippen molar-refractivity contribution in [3.05, 3.63) is 59.4 Å². The minimum Gasteiger partial charge on any atom is -0.456 e. The summed E-state index contributed by atoms with van der Waals surface area (Å²) < 4.78 is 48.4. The van der Waals surface area contributed by atoms with E-state index in [0.29, 0.717) is 44.3 Å². The molecule has 2 saturated heterocycles. The summed E-state index contributed by atoms with van der Waals surface area (Å²) in [6.07, 6.45) is 1.22. The van der Waals surface area contributed by atoms with Gasteiger partial charge < -0.3 is 24.3 Å². The van der Waals surface area contributed by atoms with Crippen LogP contribution in [0.4, 0.5) is 10.1 Å². The largest absolute Gasteiger partial charge is 0.456 e. The Balaban J connectivity index is 1.25. The van der Waals surface area contributed by atoms with E-state index in [0.717, 1.165) is 0 Å². The summed E-state index contributed by atoms with van der Waals surface area (Å²) in [4.78, 5) is 12.0. The zero-order valence-corrected chi connectivity index (χ0v) is 22.0. The fourth-order valence-electron chi connectivity index (χ4n) is 4.69. The molecule has 2 aromatic carbocycles. The highest BCUT2D eigenvalue weighted by Gasteiger charge is 2.48. The molecule has 2 aliphatic rings. The quantitative estimate of drug-likeness (QED) is 0.374. The number of aliphatic hydroxyl groups excluding tert-OH is 1. The number of nitrogens with zero attached hydrogens (tertiary/aromatic N) is 3. The topological polar surface area (TPSA) is 119 Å². The lowest BCUT2D eigenvalue weighted by Crippen LogP contribution is -2.34. The van der Waals surface area contributed by atoms with Gasteiger partial charge in [-0.15, -0.1) is 0 Å². The molecule has 2 aromatic heterocycles. The SMILES string of the molecule is CS(C)(=O)=Nc1ccc(-c2ccc(-c3nc4nc(O[C@@H]5CO[C@H]6[C@@H]5OC[C@H]6O)[nH]c4cc3Cl)cc2F)cc1. The van der Waals surface area contributed by atoms with E-state index in [1.807, 2.05) is 0 Å². The van der Waals surface area contributed by atoms with Gasteiger partial charge in [0.15, 0.2) is 11.8 Å². The molecule has 0 bridgehead atoms. The Morgan fingerprint density at radius 3 is 2.55 bits per heavy atom. The molecule has 0 spiro atoms. The third-order valence-corrected chi connectivity index (χ3v) is 7.33. The average molecular weight is 559 g/mol. The van der Waals surface area contributed by atoms with Crippen molar-refractivity contribution >= 4 is 38.2 Å². The number of hydrogen-bond donors (Lipinski definition) is 2. The monoisotopic (exact) mass is 558 g/mol. The van der Waals surface area contributed by atoms with Gasteiger partial charge in [0.25, 0.3) is 6.01 Å². The van der Waals surface area contributed by atoms with Crippen LogP contribution in [0.1, 0.15) is 0 Å². The number of ether oxygens (including phenoxy) is 3. The number of hydrogen-bond acceptors (Lipinski definition) is 8. The number of pyridine rings is 1. The number of nitrogens with one attached hydrogen (secondary N) is 1. The van der Waals surface area contributed by atoms with Crippen molar-refractivity contribution in [3.63, 3.8) is 0 Å². The summed E-state index contributed by atoms with van der Waals surface area (Å²) in [5, 5.41) is 10.2. The molecule has 0 unspecified atom stereocenters.